The lowest BCUT2D eigenvalue weighted by Crippen LogP contribution is -2.23. The van der Waals surface area contributed by atoms with Gasteiger partial charge in [-0.3, -0.25) is 0 Å². The van der Waals surface area contributed by atoms with Gasteiger partial charge in [0.05, 0.1) is 14.2 Å². The zero-order valence-electron chi connectivity index (χ0n) is 14.3. The van der Waals surface area contributed by atoms with Crippen LogP contribution in [0.4, 0.5) is 0 Å². The summed E-state index contributed by atoms with van der Waals surface area (Å²) in [5, 5.41) is 10.2. The molecule has 0 aromatic heterocycles. The average Bonchev–Trinajstić information content (AvgIpc) is 2.22. The summed E-state index contributed by atoms with van der Waals surface area (Å²) in [4.78, 5) is 0. The van der Waals surface area contributed by atoms with E-state index in [1.54, 1.807) is 0 Å². The minimum Gasteiger partial charge on any atom is -0.507 e. The maximum absolute atomic E-state index is 9.87. The van der Waals surface area contributed by atoms with Gasteiger partial charge in [0, 0.05) is 5.56 Å². The van der Waals surface area contributed by atoms with Crippen molar-refractivity contribution < 1.29 is 5.11 Å². The first-order chi connectivity index (χ1) is 8.92. The van der Waals surface area contributed by atoms with Crippen LogP contribution in [0.25, 0.3) is 0 Å². The molecule has 1 rings (SSSR count). The topological polar surface area (TPSA) is 20.2 Å². The lowest BCUT2D eigenvalue weighted by Gasteiger charge is -2.27. The largest absolute Gasteiger partial charge is 0.507 e. The molecule has 0 saturated carbocycles. The first kappa shape index (κ1) is 17.2. The van der Waals surface area contributed by atoms with Gasteiger partial charge >= 0.3 is 0 Å². The van der Waals surface area contributed by atoms with Gasteiger partial charge in [-0.2, -0.15) is 0 Å². The zero-order chi connectivity index (χ0) is 15.7. The van der Waals surface area contributed by atoms with Crippen LogP contribution in [0.15, 0.2) is 12.1 Å². The fourth-order valence-corrected chi connectivity index (χ4v) is 4.55. The molecule has 0 saturated heterocycles. The van der Waals surface area contributed by atoms with Crippen molar-refractivity contribution in [3.8, 4) is 5.75 Å². The molecule has 0 radical (unpaired) electrons. The van der Waals surface area contributed by atoms with E-state index in [0.29, 0.717) is 16.3 Å². The van der Waals surface area contributed by atoms with Gasteiger partial charge in [0.2, 0.25) is 0 Å². The van der Waals surface area contributed by atoms with Crippen LogP contribution < -0.4 is 0 Å². The number of aromatic hydroxyl groups is 1. The van der Waals surface area contributed by atoms with Gasteiger partial charge in [-0.1, -0.05) is 20.8 Å². The van der Waals surface area contributed by atoms with Crippen molar-refractivity contribution in [2.75, 3.05) is 6.66 Å². The molecule has 0 aliphatic carbocycles. The highest BCUT2D eigenvalue weighted by molar-refractivity contribution is 7.58. The second-order valence-corrected chi connectivity index (χ2v) is 10.5. The Hall–Kier alpha value is -0.810. The zero-order valence-corrected chi connectivity index (χ0v) is 15.2. The van der Waals surface area contributed by atoms with Crippen molar-refractivity contribution >= 4 is 13.3 Å². The van der Waals surface area contributed by atoms with Gasteiger partial charge in [0.1, 0.15) is 16.7 Å². The van der Waals surface area contributed by atoms with E-state index in [9.17, 15) is 5.11 Å². The van der Waals surface area contributed by atoms with Gasteiger partial charge in [0.15, 0.2) is 0 Å². The molecule has 0 amide bonds. The molecule has 0 aliphatic rings. The van der Waals surface area contributed by atoms with E-state index in [0.717, 1.165) is 11.1 Å². The van der Waals surface area contributed by atoms with Crippen LogP contribution in [0.3, 0.4) is 0 Å². The Labute approximate surface area is 125 Å². The average molecular weight is 293 g/mol. The molecule has 1 aromatic rings. The van der Waals surface area contributed by atoms with Crippen LogP contribution in [0.1, 0.15) is 57.7 Å². The monoisotopic (exact) mass is 293 g/mol. The summed E-state index contributed by atoms with van der Waals surface area (Å²) in [5.74, 6) is 2.83. The second-order valence-electron chi connectivity index (χ2n) is 7.79. The van der Waals surface area contributed by atoms with E-state index >= 15 is 0 Å². The van der Waals surface area contributed by atoms with Crippen LogP contribution >= 0.6 is 7.55 Å². The van der Waals surface area contributed by atoms with E-state index in [-0.39, 0.29) is 7.55 Å². The van der Waals surface area contributed by atoms with Crippen molar-refractivity contribution in [1.82, 2.24) is 0 Å². The van der Waals surface area contributed by atoms with Crippen LogP contribution in [0.5, 0.6) is 5.75 Å². The first-order valence-electron chi connectivity index (χ1n) is 7.30. The normalized spacial score (nSPS) is 13.7. The van der Waals surface area contributed by atoms with E-state index in [2.05, 4.69) is 59.2 Å². The Morgan fingerprint density at radius 3 is 1.90 bits per heavy atom. The number of phenolic OH excluding ortho intramolecular Hbond substituents is 1. The fraction of sp³-hybridized carbons (Fsp3) is 0.611. The quantitative estimate of drug-likeness (QED) is 0.731. The molecule has 112 valence electrons. The van der Waals surface area contributed by atoms with Gasteiger partial charge in [-0.05, 0) is 62.8 Å². The number of phenols is 1. The van der Waals surface area contributed by atoms with Crippen molar-refractivity contribution in [3.63, 3.8) is 0 Å². The number of rotatable bonds is 3. The number of hydrogen-bond donors (Lipinski definition) is 1. The van der Waals surface area contributed by atoms with E-state index in [1.165, 1.54) is 12.0 Å². The molecule has 2 heteroatoms. The number of benzene rings is 1. The molecule has 0 fully saturated rings. The van der Waals surface area contributed by atoms with Crippen molar-refractivity contribution in [3.05, 3.63) is 28.8 Å². The van der Waals surface area contributed by atoms with Gasteiger partial charge in [-0.15, -0.1) is 0 Å². The summed E-state index contributed by atoms with van der Waals surface area (Å²) in [7, 11) is -0.205. The molecule has 0 heterocycles. The smallest absolute Gasteiger partial charge is 0.121 e. The highest BCUT2D eigenvalue weighted by atomic mass is 31.1. The van der Waals surface area contributed by atoms with Crippen LogP contribution in [0, 0.1) is 19.3 Å². The third kappa shape index (κ3) is 4.63. The van der Waals surface area contributed by atoms with Crippen LogP contribution in [-0.2, 0) is 0 Å². The molecule has 0 bridgehead atoms. The maximum atomic E-state index is 9.87. The van der Waals surface area contributed by atoms with E-state index in [4.69, 9.17) is 0 Å². The molecule has 1 unspecified atom stereocenters. The van der Waals surface area contributed by atoms with Crippen LogP contribution in [0.2, 0.25) is 0 Å². The van der Waals surface area contributed by atoms with Gasteiger partial charge < -0.3 is 5.11 Å². The van der Waals surface area contributed by atoms with Crippen molar-refractivity contribution in [2.45, 2.75) is 60.0 Å². The lowest BCUT2D eigenvalue weighted by molar-refractivity contribution is 0.337. The Bertz CT molecular complexity index is 496. The Balaban J connectivity index is 3.10. The van der Waals surface area contributed by atoms with Crippen molar-refractivity contribution in [1.29, 1.82) is 0 Å². The molecule has 1 N–H and O–H groups in total. The lowest BCUT2D eigenvalue weighted by atomic mass is 9.86. The SMILES string of the molecule is Cc1cc(C=[P+](C)C(C)(C)CC(C)(C)C)cc(C)c1O. The summed E-state index contributed by atoms with van der Waals surface area (Å²) in [6, 6.07) is 4.18. The Kier molecular flexibility index (Phi) is 5.08. The number of hydrogen-bond acceptors (Lipinski definition) is 1. The Morgan fingerprint density at radius 1 is 1.05 bits per heavy atom. The molecule has 0 aliphatic heterocycles. The molecule has 0 spiro atoms. The minimum absolute atomic E-state index is 0.205. The molecular weight excluding hydrogens is 263 g/mol. The van der Waals surface area contributed by atoms with E-state index in [1.807, 2.05) is 13.8 Å². The Morgan fingerprint density at radius 2 is 1.50 bits per heavy atom. The van der Waals surface area contributed by atoms with Crippen molar-refractivity contribution in [2.24, 2.45) is 5.41 Å². The number of aryl methyl sites for hydroxylation is 2. The first-order valence-corrected chi connectivity index (χ1v) is 9.16. The summed E-state index contributed by atoms with van der Waals surface area (Å²) >= 11 is 0. The molecule has 20 heavy (non-hydrogen) atoms. The second kappa shape index (κ2) is 5.90. The minimum atomic E-state index is -0.205. The molecular formula is C18H30OP+. The van der Waals surface area contributed by atoms with Crippen LogP contribution in [-0.4, -0.2) is 22.7 Å². The van der Waals surface area contributed by atoms with Gasteiger partial charge in [0.25, 0.3) is 0 Å². The predicted octanol–water partition coefficient (Wildman–Crippen LogP) is 5.49. The summed E-state index contributed by atoms with van der Waals surface area (Å²) in [6.07, 6.45) is 1.22. The standard InChI is InChI=1S/C18H29OP/c1-13-9-15(10-14(2)16(13)19)11-20(8)18(6,7)12-17(3,4)5/h9-11H,12H2,1-8H3/p+1. The molecule has 1 aromatic carbocycles. The highest BCUT2D eigenvalue weighted by Gasteiger charge is 2.34. The van der Waals surface area contributed by atoms with E-state index < -0.39 is 0 Å². The summed E-state index contributed by atoms with van der Waals surface area (Å²) < 4.78 is 0. The summed E-state index contributed by atoms with van der Waals surface area (Å²) in [6.45, 7) is 18.0. The molecule has 1 atom stereocenters. The third-order valence-corrected chi connectivity index (χ3v) is 6.53. The van der Waals surface area contributed by atoms with Gasteiger partial charge in [-0.25, -0.2) is 0 Å². The highest BCUT2D eigenvalue weighted by Crippen LogP contribution is 2.44. The predicted molar refractivity (Wildman–Crippen MR) is 93.7 cm³/mol. The summed E-state index contributed by atoms with van der Waals surface area (Å²) in [5.41, 5.74) is 3.53. The maximum Gasteiger partial charge on any atom is 0.121 e. The third-order valence-electron chi connectivity index (χ3n) is 3.77. The molecule has 1 nitrogen and oxygen atoms in total. The fourth-order valence-electron chi connectivity index (χ4n) is 2.88.